The van der Waals surface area contributed by atoms with Gasteiger partial charge in [0.1, 0.15) is 0 Å². The maximum atomic E-state index is 11.9. The zero-order chi connectivity index (χ0) is 13.8. The summed E-state index contributed by atoms with van der Waals surface area (Å²) in [7, 11) is 0. The van der Waals surface area contributed by atoms with Gasteiger partial charge in [0.2, 0.25) is 5.91 Å². The monoisotopic (exact) mass is 246 g/mol. The van der Waals surface area contributed by atoms with Crippen LogP contribution in [0.1, 0.15) is 32.8 Å². The minimum Gasteiger partial charge on any atom is -0.324 e. The lowest BCUT2D eigenvalue weighted by molar-refractivity contribution is -0.117. The van der Waals surface area contributed by atoms with Crippen LogP contribution < -0.4 is 11.1 Å². The van der Waals surface area contributed by atoms with Crippen molar-refractivity contribution in [1.29, 1.82) is 0 Å². The number of anilines is 1. The molecule has 0 aliphatic rings. The average Bonchev–Trinajstić information content (AvgIpc) is 2.28. The fourth-order valence-corrected chi connectivity index (χ4v) is 1.76. The van der Waals surface area contributed by atoms with Gasteiger partial charge in [-0.15, -0.1) is 6.58 Å². The Morgan fingerprint density at radius 2 is 2.06 bits per heavy atom. The second-order valence-corrected chi connectivity index (χ2v) is 5.42. The maximum Gasteiger partial charge on any atom is 0.241 e. The van der Waals surface area contributed by atoms with Crippen LogP contribution in [0.2, 0.25) is 0 Å². The largest absolute Gasteiger partial charge is 0.324 e. The topological polar surface area (TPSA) is 55.1 Å². The van der Waals surface area contributed by atoms with Gasteiger partial charge in [0, 0.05) is 5.69 Å². The molecule has 0 aliphatic heterocycles. The van der Waals surface area contributed by atoms with Crippen LogP contribution in [-0.2, 0) is 10.2 Å². The number of nitrogens with one attached hydrogen (secondary N) is 1. The summed E-state index contributed by atoms with van der Waals surface area (Å²) in [5.74, 6) is -0.174. The Morgan fingerprint density at radius 3 is 2.61 bits per heavy atom. The summed E-state index contributed by atoms with van der Waals surface area (Å²) in [6.07, 6.45) is 2.13. The van der Waals surface area contributed by atoms with Crippen molar-refractivity contribution >= 4 is 11.6 Å². The van der Waals surface area contributed by atoms with E-state index in [1.165, 1.54) is 0 Å². The number of rotatable bonds is 4. The first-order chi connectivity index (χ1) is 8.36. The van der Waals surface area contributed by atoms with E-state index in [0.717, 1.165) is 11.3 Å². The fourth-order valence-electron chi connectivity index (χ4n) is 1.76. The van der Waals surface area contributed by atoms with Crippen LogP contribution in [-0.4, -0.2) is 11.9 Å². The molecule has 1 aromatic rings. The Hall–Kier alpha value is -1.61. The van der Waals surface area contributed by atoms with Crippen molar-refractivity contribution in [3.8, 4) is 0 Å². The molecule has 0 saturated heterocycles. The third-order valence-corrected chi connectivity index (χ3v) is 2.75. The lowest BCUT2D eigenvalue weighted by atomic mass is 9.86. The highest BCUT2D eigenvalue weighted by atomic mass is 16.2. The van der Waals surface area contributed by atoms with Crippen molar-refractivity contribution in [1.82, 2.24) is 0 Å². The standard InChI is InChI=1S/C15H22N2O/c1-5-8-12(16)14(18)17-13-10-7-6-9-11(13)15(2,3)4/h5-7,9-10,12H,1,8,16H2,2-4H3,(H,17,18). The van der Waals surface area contributed by atoms with E-state index in [-0.39, 0.29) is 11.3 Å². The van der Waals surface area contributed by atoms with E-state index in [2.05, 4.69) is 32.7 Å². The van der Waals surface area contributed by atoms with E-state index in [4.69, 9.17) is 5.73 Å². The molecule has 1 aromatic carbocycles. The van der Waals surface area contributed by atoms with Gasteiger partial charge < -0.3 is 11.1 Å². The van der Waals surface area contributed by atoms with Crippen LogP contribution in [0, 0.1) is 0 Å². The Morgan fingerprint density at radius 1 is 1.44 bits per heavy atom. The summed E-state index contributed by atoms with van der Waals surface area (Å²) < 4.78 is 0. The van der Waals surface area contributed by atoms with Crippen LogP contribution in [0.3, 0.4) is 0 Å². The number of amides is 1. The van der Waals surface area contributed by atoms with Crippen molar-refractivity contribution in [2.24, 2.45) is 5.73 Å². The van der Waals surface area contributed by atoms with Gasteiger partial charge in [0.25, 0.3) is 0 Å². The van der Waals surface area contributed by atoms with E-state index in [0.29, 0.717) is 6.42 Å². The number of carbonyl (C=O) groups excluding carboxylic acids is 1. The predicted molar refractivity (Wildman–Crippen MR) is 76.6 cm³/mol. The molecule has 3 N–H and O–H groups in total. The van der Waals surface area contributed by atoms with Crippen LogP contribution in [0.15, 0.2) is 36.9 Å². The van der Waals surface area contributed by atoms with Crippen LogP contribution in [0.5, 0.6) is 0 Å². The van der Waals surface area contributed by atoms with Gasteiger partial charge in [-0.05, 0) is 23.5 Å². The normalized spacial score (nSPS) is 12.9. The first-order valence-corrected chi connectivity index (χ1v) is 6.13. The number of benzene rings is 1. The molecule has 3 nitrogen and oxygen atoms in total. The van der Waals surface area contributed by atoms with E-state index < -0.39 is 6.04 Å². The zero-order valence-electron chi connectivity index (χ0n) is 11.4. The lowest BCUT2D eigenvalue weighted by Gasteiger charge is -2.23. The lowest BCUT2D eigenvalue weighted by Crippen LogP contribution is -2.35. The van der Waals surface area contributed by atoms with Crippen molar-refractivity contribution in [3.63, 3.8) is 0 Å². The molecule has 98 valence electrons. The molecule has 1 amide bonds. The van der Waals surface area contributed by atoms with E-state index in [1.54, 1.807) is 6.08 Å². The van der Waals surface area contributed by atoms with Crippen LogP contribution in [0.25, 0.3) is 0 Å². The highest BCUT2D eigenvalue weighted by Gasteiger charge is 2.20. The molecule has 0 saturated carbocycles. The van der Waals surface area contributed by atoms with Gasteiger partial charge in [0.05, 0.1) is 6.04 Å². The number of carbonyl (C=O) groups is 1. The summed E-state index contributed by atoms with van der Waals surface area (Å²) in [4.78, 5) is 11.9. The molecule has 3 heteroatoms. The Bertz CT molecular complexity index is 432. The Kier molecular flexibility index (Phi) is 4.68. The molecular formula is C15H22N2O. The fraction of sp³-hybridized carbons (Fsp3) is 0.400. The second-order valence-electron chi connectivity index (χ2n) is 5.42. The summed E-state index contributed by atoms with van der Waals surface area (Å²) >= 11 is 0. The van der Waals surface area contributed by atoms with Gasteiger partial charge in [-0.1, -0.05) is 45.0 Å². The van der Waals surface area contributed by atoms with Crippen LogP contribution in [0.4, 0.5) is 5.69 Å². The molecule has 0 bridgehead atoms. The smallest absolute Gasteiger partial charge is 0.241 e. The maximum absolute atomic E-state index is 11.9. The molecular weight excluding hydrogens is 224 g/mol. The van der Waals surface area contributed by atoms with Crippen LogP contribution >= 0.6 is 0 Å². The summed E-state index contributed by atoms with van der Waals surface area (Å²) in [5.41, 5.74) is 7.66. The molecule has 1 unspecified atom stereocenters. The molecule has 0 radical (unpaired) electrons. The average molecular weight is 246 g/mol. The highest BCUT2D eigenvalue weighted by Crippen LogP contribution is 2.29. The molecule has 1 rings (SSSR count). The van der Waals surface area contributed by atoms with Gasteiger partial charge in [-0.3, -0.25) is 4.79 Å². The van der Waals surface area contributed by atoms with Gasteiger partial charge in [-0.2, -0.15) is 0 Å². The highest BCUT2D eigenvalue weighted by molar-refractivity contribution is 5.95. The molecule has 0 fully saturated rings. The second kappa shape index (κ2) is 5.83. The SMILES string of the molecule is C=CCC(N)C(=O)Nc1ccccc1C(C)(C)C. The Labute approximate surface area is 109 Å². The van der Waals surface area contributed by atoms with Gasteiger partial charge in [-0.25, -0.2) is 0 Å². The molecule has 0 aliphatic carbocycles. The van der Waals surface area contributed by atoms with E-state index in [1.807, 2.05) is 24.3 Å². The number of para-hydroxylation sites is 1. The number of hydrogen-bond donors (Lipinski definition) is 2. The van der Waals surface area contributed by atoms with Crippen molar-refractivity contribution in [3.05, 3.63) is 42.5 Å². The zero-order valence-corrected chi connectivity index (χ0v) is 11.4. The van der Waals surface area contributed by atoms with Crippen molar-refractivity contribution in [2.75, 3.05) is 5.32 Å². The molecule has 0 heterocycles. The summed E-state index contributed by atoms with van der Waals surface area (Å²) in [6.45, 7) is 9.93. The van der Waals surface area contributed by atoms with E-state index >= 15 is 0 Å². The number of nitrogens with two attached hydrogens (primary N) is 1. The van der Waals surface area contributed by atoms with Gasteiger partial charge >= 0.3 is 0 Å². The molecule has 0 spiro atoms. The first-order valence-electron chi connectivity index (χ1n) is 6.13. The molecule has 1 atom stereocenters. The molecule has 0 aromatic heterocycles. The minimum absolute atomic E-state index is 0.0214. The summed E-state index contributed by atoms with van der Waals surface area (Å²) in [6, 6.07) is 7.26. The third kappa shape index (κ3) is 3.70. The predicted octanol–water partition coefficient (Wildman–Crippen LogP) is 2.83. The first kappa shape index (κ1) is 14.5. The third-order valence-electron chi connectivity index (χ3n) is 2.75. The van der Waals surface area contributed by atoms with Gasteiger partial charge in [0.15, 0.2) is 0 Å². The summed E-state index contributed by atoms with van der Waals surface area (Å²) in [5, 5.41) is 2.89. The van der Waals surface area contributed by atoms with E-state index in [9.17, 15) is 4.79 Å². The Balaban J connectivity index is 2.91. The van der Waals surface area contributed by atoms with Crippen molar-refractivity contribution < 1.29 is 4.79 Å². The van der Waals surface area contributed by atoms with Crippen molar-refractivity contribution in [2.45, 2.75) is 38.6 Å². The minimum atomic E-state index is -0.546. The number of hydrogen-bond acceptors (Lipinski definition) is 2. The molecule has 18 heavy (non-hydrogen) atoms. The quantitative estimate of drug-likeness (QED) is 0.803.